The molecule has 1 rings (SSSR count). The molecule has 0 amide bonds. The van der Waals surface area contributed by atoms with Crippen LogP contribution in [0.15, 0.2) is 30.2 Å². The lowest BCUT2D eigenvalue weighted by Gasteiger charge is -1.97. The highest BCUT2D eigenvalue weighted by Gasteiger charge is 1.89. The van der Waals surface area contributed by atoms with Crippen molar-refractivity contribution in [3.63, 3.8) is 0 Å². The molecular formula is C10H14O. The van der Waals surface area contributed by atoms with Crippen molar-refractivity contribution < 1.29 is 12.0 Å². The van der Waals surface area contributed by atoms with Gasteiger partial charge in [-0.15, -0.1) is 0 Å². The Morgan fingerprint density at radius 2 is 1.91 bits per heavy atom. The van der Waals surface area contributed by atoms with Crippen molar-refractivity contribution in [2.75, 3.05) is 6.61 Å². The number of aliphatic hydroxyl groups excluding tert-OH is 1. The Labute approximate surface area is 74.7 Å². The fourth-order valence-corrected chi connectivity index (χ4v) is 0.814. The zero-order valence-corrected chi connectivity index (χ0v) is 6.28. The molecule has 60 valence electrons. The minimum Gasteiger partial charge on any atom is -0.396 e. The zero-order valence-electron chi connectivity index (χ0n) is 11.3. The summed E-state index contributed by atoms with van der Waals surface area (Å²) in [5, 5.41) is 8.64. The summed E-state index contributed by atoms with van der Waals surface area (Å²) >= 11 is 0. The Balaban J connectivity index is 3.08. The van der Waals surface area contributed by atoms with E-state index in [0.29, 0.717) is 24.8 Å². The van der Waals surface area contributed by atoms with Crippen molar-refractivity contribution in [3.8, 4) is 0 Å². The Morgan fingerprint density at radius 3 is 2.55 bits per heavy atom. The molecule has 0 spiro atoms. The Morgan fingerprint density at radius 1 is 1.18 bits per heavy atom. The van der Waals surface area contributed by atoms with Gasteiger partial charge in [0.15, 0.2) is 0 Å². The van der Waals surface area contributed by atoms with Crippen LogP contribution in [0.5, 0.6) is 0 Å². The maximum atomic E-state index is 8.64. The molecular weight excluding hydrogens is 136 g/mol. The van der Waals surface area contributed by atoms with Gasteiger partial charge < -0.3 is 5.11 Å². The topological polar surface area (TPSA) is 20.2 Å². The van der Waals surface area contributed by atoms with Crippen molar-refractivity contribution >= 4 is 0 Å². The fourth-order valence-electron chi connectivity index (χ4n) is 0.814. The van der Waals surface area contributed by atoms with Gasteiger partial charge in [0.1, 0.15) is 0 Å². The first kappa shape index (κ1) is 3.72. The standard InChI is InChI=1S/C10H14O/c11-9-5-4-8-10-6-2-1-3-7-10/h1-3,6-7,11H,4-5,8-9H2/i1D,2D,3D,6D,7D. The van der Waals surface area contributed by atoms with E-state index in [1.165, 1.54) is 0 Å². The van der Waals surface area contributed by atoms with Gasteiger partial charge in [0.25, 0.3) is 0 Å². The summed E-state index contributed by atoms with van der Waals surface area (Å²) in [6.07, 6.45) is 1.59. The van der Waals surface area contributed by atoms with Gasteiger partial charge in [-0.25, -0.2) is 0 Å². The molecule has 0 aliphatic heterocycles. The molecule has 0 saturated carbocycles. The number of rotatable bonds is 4. The third-order valence-electron chi connectivity index (χ3n) is 1.39. The molecule has 0 bridgehead atoms. The van der Waals surface area contributed by atoms with E-state index in [-0.39, 0.29) is 36.8 Å². The van der Waals surface area contributed by atoms with E-state index in [0.717, 1.165) is 0 Å². The predicted molar refractivity (Wildman–Crippen MR) is 46.5 cm³/mol. The first-order valence-electron chi connectivity index (χ1n) is 6.17. The monoisotopic (exact) mass is 155 g/mol. The zero-order chi connectivity index (χ0) is 12.3. The molecule has 0 unspecified atom stereocenters. The lowest BCUT2D eigenvalue weighted by Crippen LogP contribution is -1.87. The van der Waals surface area contributed by atoms with Gasteiger partial charge >= 0.3 is 0 Å². The number of unbranched alkanes of at least 4 members (excludes halogenated alkanes) is 1. The van der Waals surface area contributed by atoms with Gasteiger partial charge in [-0.3, -0.25) is 0 Å². The van der Waals surface area contributed by atoms with Crippen LogP contribution in [-0.2, 0) is 6.42 Å². The molecule has 1 aromatic rings. The van der Waals surface area contributed by atoms with Crippen LogP contribution in [-0.4, -0.2) is 11.7 Å². The van der Waals surface area contributed by atoms with Crippen LogP contribution in [0.25, 0.3) is 0 Å². The minimum atomic E-state index is -0.360. The van der Waals surface area contributed by atoms with Crippen LogP contribution in [0, 0.1) is 0 Å². The maximum absolute atomic E-state index is 8.64. The lowest BCUT2D eigenvalue weighted by molar-refractivity contribution is 0.284. The molecule has 11 heavy (non-hydrogen) atoms. The molecule has 0 saturated heterocycles. The first-order valence-corrected chi connectivity index (χ1v) is 3.67. The molecule has 1 heteroatoms. The second-order valence-corrected chi connectivity index (χ2v) is 2.28. The first-order chi connectivity index (χ1) is 7.50. The van der Waals surface area contributed by atoms with Crippen LogP contribution in [0.3, 0.4) is 0 Å². The SMILES string of the molecule is [2H]c1c([2H])c([2H])c(CCCCO)c([2H])c1[2H]. The third kappa shape index (κ3) is 3.19. The van der Waals surface area contributed by atoms with Gasteiger partial charge in [0.05, 0.1) is 6.85 Å². The third-order valence-corrected chi connectivity index (χ3v) is 1.39. The van der Waals surface area contributed by atoms with Crippen molar-refractivity contribution in [1.82, 2.24) is 0 Å². The smallest absolute Gasteiger partial charge is 0.0626 e. The average Bonchev–Trinajstić information content (AvgIpc) is 2.28. The van der Waals surface area contributed by atoms with Gasteiger partial charge in [-0.05, 0) is 24.8 Å². The molecule has 1 nitrogen and oxygen atoms in total. The molecule has 0 aliphatic rings. The number of aliphatic hydroxyl groups is 1. The molecule has 0 atom stereocenters. The predicted octanol–water partition coefficient (Wildman–Crippen LogP) is 2.00. The van der Waals surface area contributed by atoms with Crippen LogP contribution in [0.4, 0.5) is 0 Å². The quantitative estimate of drug-likeness (QED) is 0.659. The van der Waals surface area contributed by atoms with E-state index in [1.54, 1.807) is 0 Å². The van der Waals surface area contributed by atoms with E-state index in [9.17, 15) is 0 Å². The van der Waals surface area contributed by atoms with Crippen molar-refractivity contribution in [3.05, 3.63) is 35.8 Å². The van der Waals surface area contributed by atoms with Crippen LogP contribution >= 0.6 is 0 Å². The Bertz CT molecular complexity index is 362. The molecule has 0 heterocycles. The van der Waals surface area contributed by atoms with E-state index in [2.05, 4.69) is 0 Å². The highest BCUT2D eigenvalue weighted by molar-refractivity contribution is 5.14. The molecule has 0 fully saturated rings. The van der Waals surface area contributed by atoms with E-state index in [1.807, 2.05) is 0 Å². The van der Waals surface area contributed by atoms with Gasteiger partial charge in [-0.1, -0.05) is 30.2 Å². The Kier molecular flexibility index (Phi) is 1.66. The van der Waals surface area contributed by atoms with Crippen molar-refractivity contribution in [2.24, 2.45) is 0 Å². The van der Waals surface area contributed by atoms with Crippen LogP contribution < -0.4 is 0 Å². The molecule has 1 N–H and O–H groups in total. The second kappa shape index (κ2) is 4.91. The van der Waals surface area contributed by atoms with Crippen LogP contribution in [0.2, 0.25) is 0 Å². The van der Waals surface area contributed by atoms with Crippen molar-refractivity contribution in [1.29, 1.82) is 0 Å². The summed E-state index contributed by atoms with van der Waals surface area (Å²) in [6, 6.07) is -1.21. The van der Waals surface area contributed by atoms with Gasteiger partial charge in [0, 0.05) is 6.61 Å². The molecule has 0 radical (unpaired) electrons. The average molecular weight is 155 g/mol. The van der Waals surface area contributed by atoms with Gasteiger partial charge in [0.2, 0.25) is 0 Å². The van der Waals surface area contributed by atoms with E-state index < -0.39 is 0 Å². The number of benzene rings is 1. The highest BCUT2D eigenvalue weighted by atomic mass is 16.2. The summed E-state index contributed by atoms with van der Waals surface area (Å²) in [4.78, 5) is 0. The fraction of sp³-hybridized carbons (Fsp3) is 0.400. The Hall–Kier alpha value is -0.820. The summed E-state index contributed by atoms with van der Waals surface area (Å²) in [6.45, 7) is 0.0542. The number of hydrogen-bond acceptors (Lipinski definition) is 1. The largest absolute Gasteiger partial charge is 0.396 e. The maximum Gasteiger partial charge on any atom is 0.0626 e. The molecule has 1 aromatic carbocycles. The highest BCUT2D eigenvalue weighted by Crippen LogP contribution is 2.03. The summed E-state index contributed by atoms with van der Waals surface area (Å²) < 4.78 is 37.6. The van der Waals surface area contributed by atoms with E-state index in [4.69, 9.17) is 12.0 Å². The molecule has 0 aliphatic carbocycles. The lowest BCUT2D eigenvalue weighted by atomic mass is 10.1. The minimum absolute atomic E-state index is 0.0542. The summed E-state index contributed by atoms with van der Waals surface area (Å²) in [5.74, 6) is 0. The van der Waals surface area contributed by atoms with Crippen LogP contribution in [0.1, 0.15) is 25.3 Å². The second-order valence-electron chi connectivity index (χ2n) is 2.28. The number of hydrogen-bond donors (Lipinski definition) is 1. The normalized spacial score (nSPS) is 16.3. The molecule has 0 aromatic heterocycles. The van der Waals surface area contributed by atoms with Crippen molar-refractivity contribution in [2.45, 2.75) is 19.3 Å². The van der Waals surface area contributed by atoms with E-state index >= 15 is 0 Å². The summed E-state index contributed by atoms with van der Waals surface area (Å²) in [5.41, 5.74) is 0.333. The van der Waals surface area contributed by atoms with Gasteiger partial charge in [-0.2, -0.15) is 0 Å². The summed E-state index contributed by atoms with van der Waals surface area (Å²) in [7, 11) is 0.